The first-order valence-electron chi connectivity index (χ1n) is 11.6. The monoisotopic (exact) mass is 451 g/mol. The van der Waals surface area contributed by atoms with E-state index in [4.69, 9.17) is 5.73 Å². The predicted molar refractivity (Wildman–Crippen MR) is 133 cm³/mol. The minimum Gasteiger partial charge on any atom is -0.390 e. The van der Waals surface area contributed by atoms with Crippen molar-refractivity contribution in [3.05, 3.63) is 89.7 Å². The molecule has 0 fully saturated rings. The lowest BCUT2D eigenvalue weighted by Gasteiger charge is -2.25. The highest BCUT2D eigenvalue weighted by molar-refractivity contribution is 5.92. The van der Waals surface area contributed by atoms with E-state index in [1.54, 1.807) is 24.3 Å². The normalized spacial score (nSPS) is 12.5. The molecule has 7 nitrogen and oxygen atoms in total. The van der Waals surface area contributed by atoms with E-state index in [0.717, 1.165) is 37.9 Å². The molecule has 0 spiro atoms. The molecule has 5 N–H and O–H groups in total. The van der Waals surface area contributed by atoms with E-state index in [1.165, 1.54) is 5.56 Å². The first-order valence-corrected chi connectivity index (χ1v) is 11.6. The quantitative estimate of drug-likeness (QED) is 0.317. The highest BCUT2D eigenvalue weighted by Crippen LogP contribution is 2.08. The van der Waals surface area contributed by atoms with Crippen molar-refractivity contribution in [3.63, 3.8) is 0 Å². The van der Waals surface area contributed by atoms with Gasteiger partial charge in [0.15, 0.2) is 0 Å². The number of hydrogen-bond donors (Lipinski definition) is 4. The van der Waals surface area contributed by atoms with Gasteiger partial charge in [-0.05, 0) is 43.5 Å². The molecule has 1 heterocycles. The topological polar surface area (TPSA) is 105 Å². The van der Waals surface area contributed by atoms with E-state index in [-0.39, 0.29) is 12.1 Å². The van der Waals surface area contributed by atoms with Gasteiger partial charge in [0.2, 0.25) is 5.91 Å². The summed E-state index contributed by atoms with van der Waals surface area (Å²) in [5.41, 5.74) is 7.93. The van der Waals surface area contributed by atoms with Gasteiger partial charge in [0.25, 0.3) is 0 Å². The minimum atomic E-state index is -0.434. The molecule has 2 aromatic carbocycles. The molecule has 2 atom stereocenters. The van der Waals surface area contributed by atoms with Crippen LogP contribution in [0.2, 0.25) is 0 Å². The summed E-state index contributed by atoms with van der Waals surface area (Å²) < 4.78 is 1.96. The second-order valence-corrected chi connectivity index (χ2v) is 7.85. The van der Waals surface area contributed by atoms with Crippen LogP contribution in [0.4, 0.5) is 0 Å². The molecule has 3 rings (SSSR count). The fourth-order valence-corrected chi connectivity index (χ4v) is 3.37. The number of benzene rings is 2. The number of aryl methyl sites for hydroxylation is 2. The van der Waals surface area contributed by atoms with Gasteiger partial charge in [-0.25, -0.2) is 0 Å². The number of aromatic nitrogens is 2. The van der Waals surface area contributed by atoms with Crippen LogP contribution >= 0.6 is 0 Å². The zero-order valence-corrected chi connectivity index (χ0v) is 19.7. The Kier molecular flexibility index (Phi) is 11.9. The molecule has 0 aliphatic heterocycles. The maximum Gasteiger partial charge on any atom is 0.248 e. The van der Waals surface area contributed by atoms with Gasteiger partial charge in [0, 0.05) is 30.4 Å². The van der Waals surface area contributed by atoms with Gasteiger partial charge in [0.05, 0.1) is 18.5 Å². The molecule has 1 amide bonds. The number of carbonyl (C=O) groups excluding carboxylic acids is 1. The third kappa shape index (κ3) is 9.99. The average Bonchev–Trinajstić information content (AvgIpc) is 3.29. The molecule has 3 aromatic rings. The Labute approximate surface area is 197 Å². The van der Waals surface area contributed by atoms with Crippen LogP contribution in [-0.4, -0.2) is 39.6 Å². The number of amides is 1. The maximum absolute atomic E-state index is 10.5. The molecule has 33 heavy (non-hydrogen) atoms. The summed E-state index contributed by atoms with van der Waals surface area (Å²) in [5.74, 6) is -0.379. The van der Waals surface area contributed by atoms with Crippen molar-refractivity contribution >= 4 is 5.91 Å². The SMILES string of the molecule is CCCn1cc(CNC(NCC)[C@H](O)CCc2ccccc2)cn1.NC(=O)c1ccccc1. The summed E-state index contributed by atoms with van der Waals surface area (Å²) in [7, 11) is 0. The first kappa shape index (κ1) is 26.3. The van der Waals surface area contributed by atoms with E-state index in [2.05, 4.69) is 47.9 Å². The molecule has 1 unspecified atom stereocenters. The molecule has 0 aliphatic carbocycles. The van der Waals surface area contributed by atoms with Crippen molar-refractivity contribution in [3.8, 4) is 0 Å². The number of nitrogens with two attached hydrogens (primary N) is 1. The zero-order chi connectivity index (χ0) is 23.9. The molecular formula is C26H37N5O2. The van der Waals surface area contributed by atoms with Crippen molar-refractivity contribution in [1.82, 2.24) is 20.4 Å². The Bertz CT molecular complexity index is 915. The highest BCUT2D eigenvalue weighted by Gasteiger charge is 2.17. The van der Waals surface area contributed by atoms with Crippen molar-refractivity contribution in [2.75, 3.05) is 6.54 Å². The number of rotatable bonds is 12. The lowest BCUT2D eigenvalue weighted by Crippen LogP contribution is -2.50. The molecule has 0 saturated heterocycles. The second kappa shape index (κ2) is 14.9. The van der Waals surface area contributed by atoms with Crippen molar-refractivity contribution < 1.29 is 9.90 Å². The summed E-state index contributed by atoms with van der Waals surface area (Å²) in [6, 6.07) is 19.1. The summed E-state index contributed by atoms with van der Waals surface area (Å²) in [6.45, 7) is 6.65. The van der Waals surface area contributed by atoms with Crippen molar-refractivity contribution in [1.29, 1.82) is 0 Å². The highest BCUT2D eigenvalue weighted by atomic mass is 16.3. The van der Waals surface area contributed by atoms with E-state index in [9.17, 15) is 9.90 Å². The van der Waals surface area contributed by atoms with Crippen LogP contribution in [0, 0.1) is 0 Å². The van der Waals surface area contributed by atoms with E-state index < -0.39 is 6.10 Å². The minimum absolute atomic E-state index is 0.117. The van der Waals surface area contributed by atoms with Crippen LogP contribution < -0.4 is 16.4 Å². The van der Waals surface area contributed by atoms with Crippen LogP contribution in [0.25, 0.3) is 0 Å². The number of nitrogens with one attached hydrogen (secondary N) is 2. The first-order chi connectivity index (χ1) is 16.0. The van der Waals surface area contributed by atoms with Gasteiger partial charge in [0.1, 0.15) is 0 Å². The largest absolute Gasteiger partial charge is 0.390 e. The second-order valence-electron chi connectivity index (χ2n) is 7.85. The van der Waals surface area contributed by atoms with Gasteiger partial charge in [-0.1, -0.05) is 62.4 Å². The summed E-state index contributed by atoms with van der Waals surface area (Å²) in [6.07, 6.45) is 6.08. The van der Waals surface area contributed by atoms with Crippen molar-refractivity contribution in [2.45, 2.75) is 58.5 Å². The lowest BCUT2D eigenvalue weighted by molar-refractivity contribution is 0.0999. The Balaban J connectivity index is 0.000000357. The Morgan fingerprint density at radius 2 is 1.70 bits per heavy atom. The van der Waals surface area contributed by atoms with Crippen molar-refractivity contribution in [2.24, 2.45) is 5.73 Å². The number of aliphatic hydroxyl groups is 1. The number of carbonyl (C=O) groups is 1. The average molecular weight is 452 g/mol. The maximum atomic E-state index is 10.5. The molecule has 0 aliphatic rings. The van der Waals surface area contributed by atoms with Crippen LogP contribution in [0.15, 0.2) is 73.1 Å². The van der Waals surface area contributed by atoms with Gasteiger partial charge in [-0.2, -0.15) is 5.10 Å². The fourth-order valence-electron chi connectivity index (χ4n) is 3.37. The molecule has 0 bridgehead atoms. The number of primary amides is 1. The fraction of sp³-hybridized carbons (Fsp3) is 0.385. The smallest absolute Gasteiger partial charge is 0.248 e. The molecule has 178 valence electrons. The molecule has 1 aromatic heterocycles. The summed E-state index contributed by atoms with van der Waals surface area (Å²) in [4.78, 5) is 10.4. The van der Waals surface area contributed by atoms with E-state index in [0.29, 0.717) is 12.1 Å². The predicted octanol–water partition coefficient (Wildman–Crippen LogP) is 3.10. The number of aliphatic hydroxyl groups excluding tert-OH is 1. The molecule has 0 saturated carbocycles. The number of hydrogen-bond acceptors (Lipinski definition) is 5. The number of nitrogens with zero attached hydrogens (tertiary/aromatic N) is 2. The Morgan fingerprint density at radius 3 is 2.27 bits per heavy atom. The summed E-state index contributed by atoms with van der Waals surface area (Å²) in [5, 5.41) is 21.6. The molecule has 0 radical (unpaired) electrons. The number of likely N-dealkylation sites (N-methyl/N-ethyl adjacent to an activating group) is 1. The third-order valence-corrected chi connectivity index (χ3v) is 5.10. The van der Waals surface area contributed by atoms with Gasteiger partial charge in [-0.3, -0.25) is 14.8 Å². The zero-order valence-electron chi connectivity index (χ0n) is 19.7. The summed E-state index contributed by atoms with van der Waals surface area (Å²) >= 11 is 0. The Morgan fingerprint density at radius 1 is 1.03 bits per heavy atom. The standard InChI is InChI=1S/C19H30N4O.C7H7NO/c1-3-12-23-15-17(14-22-23)13-21-19(20-4-2)18(24)11-10-16-8-6-5-7-9-16;8-7(9)6-4-2-1-3-5-6/h5-9,14-15,18-21,24H,3-4,10-13H2,1-2H3;1-5H,(H2,8,9)/t18-,19?;/m1./s1. The lowest BCUT2D eigenvalue weighted by atomic mass is 10.1. The van der Waals surface area contributed by atoms with Crippen LogP contribution in [-0.2, 0) is 19.5 Å². The van der Waals surface area contributed by atoms with Crippen LogP contribution in [0.1, 0.15) is 48.2 Å². The Hall–Kier alpha value is -3.00. The molecule has 7 heteroatoms. The van der Waals surface area contributed by atoms with E-state index >= 15 is 0 Å². The van der Waals surface area contributed by atoms with Gasteiger partial charge in [-0.15, -0.1) is 0 Å². The van der Waals surface area contributed by atoms with Gasteiger partial charge < -0.3 is 16.2 Å². The van der Waals surface area contributed by atoms with Gasteiger partial charge >= 0.3 is 0 Å². The van der Waals surface area contributed by atoms with E-state index in [1.807, 2.05) is 35.1 Å². The molecular weight excluding hydrogens is 414 g/mol. The third-order valence-electron chi connectivity index (χ3n) is 5.10. The van der Waals surface area contributed by atoms with Crippen LogP contribution in [0.5, 0.6) is 0 Å². The van der Waals surface area contributed by atoms with Crippen LogP contribution in [0.3, 0.4) is 0 Å².